The molecule has 3 aromatic rings. The summed E-state index contributed by atoms with van der Waals surface area (Å²) in [6.45, 7) is 2.58. The second-order valence-corrected chi connectivity index (χ2v) is 7.24. The molecular formula is C17H19N5O3S. The normalized spacial score (nSPS) is 12.7. The molecule has 0 spiro atoms. The monoisotopic (exact) mass is 373 g/mol. The maximum Gasteiger partial charge on any atom is 0.298 e. The Kier molecular flexibility index (Phi) is 4.33. The van der Waals surface area contributed by atoms with Gasteiger partial charge in [0.15, 0.2) is 5.13 Å². The van der Waals surface area contributed by atoms with Crippen LogP contribution in [0.4, 0.5) is 5.13 Å². The maximum atomic E-state index is 12.9. The molecule has 0 aromatic carbocycles. The van der Waals surface area contributed by atoms with Gasteiger partial charge in [-0.15, -0.1) is 11.3 Å². The first-order valence-electron chi connectivity index (χ1n) is 8.33. The summed E-state index contributed by atoms with van der Waals surface area (Å²) in [6, 6.07) is 1.63. The molecule has 3 aromatic heterocycles. The molecule has 0 aliphatic heterocycles. The van der Waals surface area contributed by atoms with E-state index in [0.717, 1.165) is 24.1 Å². The summed E-state index contributed by atoms with van der Waals surface area (Å²) < 4.78 is 12.2. The molecule has 0 atom stereocenters. The third-order valence-corrected chi connectivity index (χ3v) is 5.56. The Morgan fingerprint density at radius 1 is 1.46 bits per heavy atom. The first-order chi connectivity index (χ1) is 12.6. The fraction of sp³-hybridized carbons (Fsp3) is 0.412. The lowest BCUT2D eigenvalue weighted by Gasteiger charge is -2.17. The molecule has 136 valence electrons. The highest BCUT2D eigenvalue weighted by molar-refractivity contribution is 7.16. The first kappa shape index (κ1) is 16.9. The van der Waals surface area contributed by atoms with Crippen molar-refractivity contribution in [2.75, 3.05) is 25.2 Å². The number of amides is 1. The van der Waals surface area contributed by atoms with Gasteiger partial charge < -0.3 is 9.26 Å². The Hall–Kier alpha value is -2.52. The van der Waals surface area contributed by atoms with Gasteiger partial charge in [0.1, 0.15) is 0 Å². The van der Waals surface area contributed by atoms with E-state index in [1.54, 1.807) is 25.0 Å². The number of fused-ring (bicyclic) bond motifs is 3. The van der Waals surface area contributed by atoms with E-state index in [9.17, 15) is 4.79 Å². The van der Waals surface area contributed by atoms with Crippen LogP contribution >= 0.6 is 11.3 Å². The van der Waals surface area contributed by atoms with Gasteiger partial charge in [0.2, 0.25) is 5.76 Å². The average molecular weight is 373 g/mol. The molecule has 3 heterocycles. The number of hydrogen-bond acceptors (Lipinski definition) is 7. The minimum Gasteiger partial charge on any atom is -0.383 e. The summed E-state index contributed by atoms with van der Waals surface area (Å²) in [5.41, 5.74) is 3.81. The van der Waals surface area contributed by atoms with Gasteiger partial charge in [0, 0.05) is 36.4 Å². The Labute approximate surface area is 154 Å². The third-order valence-electron chi connectivity index (χ3n) is 4.43. The summed E-state index contributed by atoms with van der Waals surface area (Å²) in [6.07, 6.45) is 3.67. The number of anilines is 1. The molecule has 1 amide bonds. The van der Waals surface area contributed by atoms with Crippen LogP contribution in [0.1, 0.15) is 26.8 Å². The average Bonchev–Trinajstić information content (AvgIpc) is 3.33. The lowest BCUT2D eigenvalue weighted by molar-refractivity contribution is 0.0940. The van der Waals surface area contributed by atoms with Crippen molar-refractivity contribution in [1.29, 1.82) is 0 Å². The van der Waals surface area contributed by atoms with Gasteiger partial charge in [-0.25, -0.2) is 4.98 Å². The lowest BCUT2D eigenvalue weighted by atomic mass is 10.0. The van der Waals surface area contributed by atoms with Crippen LogP contribution in [0.25, 0.3) is 11.3 Å². The van der Waals surface area contributed by atoms with E-state index in [-0.39, 0.29) is 11.7 Å². The standard InChI is InChI=1S/C17H19N5O3S/c1-10-8-13(25-20-10)16(23)22(6-7-24-3)17-19-15-11-9-18-21(2)12(11)4-5-14(15)26-17/h8-9H,4-7H2,1-3H3. The van der Waals surface area contributed by atoms with Gasteiger partial charge in [-0.3, -0.25) is 14.4 Å². The van der Waals surface area contributed by atoms with E-state index in [4.69, 9.17) is 14.2 Å². The molecule has 8 nitrogen and oxygen atoms in total. The number of rotatable bonds is 5. The number of carbonyl (C=O) groups excluding carboxylic acids is 1. The highest BCUT2D eigenvalue weighted by atomic mass is 32.1. The topological polar surface area (TPSA) is 86.3 Å². The third kappa shape index (κ3) is 2.82. The van der Waals surface area contributed by atoms with Crippen molar-refractivity contribution in [3.63, 3.8) is 0 Å². The number of ether oxygens (including phenoxy) is 1. The van der Waals surface area contributed by atoms with Gasteiger partial charge in [0.05, 0.1) is 30.7 Å². The number of aryl methyl sites for hydroxylation is 3. The fourth-order valence-corrected chi connectivity index (χ4v) is 4.19. The zero-order chi connectivity index (χ0) is 18.3. The van der Waals surface area contributed by atoms with Crippen LogP contribution < -0.4 is 4.90 Å². The molecule has 1 aliphatic carbocycles. The molecule has 9 heteroatoms. The van der Waals surface area contributed by atoms with Crippen molar-refractivity contribution in [2.24, 2.45) is 7.05 Å². The predicted octanol–water partition coefficient (Wildman–Crippen LogP) is 2.23. The molecule has 0 bridgehead atoms. The number of methoxy groups -OCH3 is 1. The quantitative estimate of drug-likeness (QED) is 0.682. The molecule has 1 aliphatic rings. The van der Waals surface area contributed by atoms with Crippen molar-refractivity contribution >= 4 is 22.4 Å². The Morgan fingerprint density at radius 3 is 3.04 bits per heavy atom. The summed E-state index contributed by atoms with van der Waals surface area (Å²) >= 11 is 1.54. The van der Waals surface area contributed by atoms with E-state index < -0.39 is 0 Å². The highest BCUT2D eigenvalue weighted by Gasteiger charge is 2.29. The van der Waals surface area contributed by atoms with Gasteiger partial charge in [-0.2, -0.15) is 5.10 Å². The highest BCUT2D eigenvalue weighted by Crippen LogP contribution is 2.39. The summed E-state index contributed by atoms with van der Waals surface area (Å²) in [5, 5.41) is 8.80. The van der Waals surface area contributed by atoms with Crippen LogP contribution in [0.2, 0.25) is 0 Å². The fourth-order valence-electron chi connectivity index (χ4n) is 3.09. The molecule has 0 unspecified atom stereocenters. The summed E-state index contributed by atoms with van der Waals surface area (Å²) in [5.74, 6) is -0.0611. The SMILES string of the molecule is COCCN(C(=O)c1cc(C)no1)c1nc2c(s1)CCc1c-2cnn1C. The van der Waals surface area contributed by atoms with Gasteiger partial charge in [0.25, 0.3) is 5.91 Å². The maximum absolute atomic E-state index is 12.9. The predicted molar refractivity (Wildman–Crippen MR) is 96.5 cm³/mol. The summed E-state index contributed by atoms with van der Waals surface area (Å²) in [7, 11) is 3.55. The minimum atomic E-state index is -0.264. The molecular weight excluding hydrogens is 354 g/mol. The van der Waals surface area contributed by atoms with Crippen molar-refractivity contribution < 1.29 is 14.1 Å². The van der Waals surface area contributed by atoms with Crippen molar-refractivity contribution in [3.05, 3.63) is 34.3 Å². The number of nitrogens with zero attached hydrogens (tertiary/aromatic N) is 5. The molecule has 0 saturated heterocycles. The first-order valence-corrected chi connectivity index (χ1v) is 9.15. The van der Waals surface area contributed by atoms with E-state index in [1.165, 1.54) is 21.9 Å². The molecule has 0 N–H and O–H groups in total. The van der Waals surface area contributed by atoms with Gasteiger partial charge >= 0.3 is 0 Å². The van der Waals surface area contributed by atoms with E-state index >= 15 is 0 Å². The second-order valence-electron chi connectivity index (χ2n) is 6.18. The number of hydrogen-bond donors (Lipinski definition) is 0. The van der Waals surface area contributed by atoms with Crippen molar-refractivity contribution in [1.82, 2.24) is 19.9 Å². The largest absolute Gasteiger partial charge is 0.383 e. The Morgan fingerprint density at radius 2 is 2.31 bits per heavy atom. The number of aromatic nitrogens is 4. The zero-order valence-corrected chi connectivity index (χ0v) is 15.7. The van der Waals surface area contributed by atoms with Crippen LogP contribution in [0.3, 0.4) is 0 Å². The molecule has 0 saturated carbocycles. The van der Waals surface area contributed by atoms with Gasteiger partial charge in [-0.05, 0) is 19.8 Å². The number of thiazole rings is 1. The van der Waals surface area contributed by atoms with E-state index in [2.05, 4.69) is 10.3 Å². The van der Waals surface area contributed by atoms with E-state index in [0.29, 0.717) is 24.0 Å². The van der Waals surface area contributed by atoms with E-state index in [1.807, 2.05) is 17.9 Å². The van der Waals surface area contributed by atoms with Crippen LogP contribution in [-0.4, -0.2) is 46.1 Å². The lowest BCUT2D eigenvalue weighted by Crippen LogP contribution is -2.33. The van der Waals surface area contributed by atoms with Gasteiger partial charge in [-0.1, -0.05) is 5.16 Å². The Balaban J connectivity index is 1.71. The molecule has 26 heavy (non-hydrogen) atoms. The second kappa shape index (κ2) is 6.65. The van der Waals surface area contributed by atoms with Crippen molar-refractivity contribution in [3.8, 4) is 11.3 Å². The van der Waals surface area contributed by atoms with Crippen LogP contribution in [0.5, 0.6) is 0 Å². The molecule has 4 rings (SSSR count). The van der Waals surface area contributed by atoms with Crippen LogP contribution in [-0.2, 0) is 24.6 Å². The summed E-state index contributed by atoms with van der Waals surface area (Å²) in [4.78, 5) is 20.4. The van der Waals surface area contributed by atoms with Crippen molar-refractivity contribution in [2.45, 2.75) is 19.8 Å². The van der Waals surface area contributed by atoms with Crippen LogP contribution in [0, 0.1) is 6.92 Å². The molecule has 0 fully saturated rings. The smallest absolute Gasteiger partial charge is 0.298 e. The number of carbonyl (C=O) groups is 1. The Bertz CT molecular complexity index is 958. The molecule has 0 radical (unpaired) electrons. The minimum absolute atomic E-state index is 0.203. The van der Waals surface area contributed by atoms with Crippen LogP contribution in [0.15, 0.2) is 16.8 Å². The zero-order valence-electron chi connectivity index (χ0n) is 14.9.